The van der Waals surface area contributed by atoms with E-state index in [4.69, 9.17) is 10.8 Å². The van der Waals surface area contributed by atoms with Crippen LogP contribution >= 0.6 is 0 Å². The van der Waals surface area contributed by atoms with Crippen LogP contribution in [0.3, 0.4) is 0 Å². The molecule has 0 aromatic heterocycles. The lowest BCUT2D eigenvalue weighted by molar-refractivity contribution is -0.140. The molecule has 0 aliphatic rings. The normalized spacial score (nSPS) is 11.9. The van der Waals surface area contributed by atoms with E-state index in [1.54, 1.807) is 38.1 Å². The van der Waals surface area contributed by atoms with Gasteiger partial charge in [0.1, 0.15) is 6.04 Å². The molecule has 0 aliphatic carbocycles. The van der Waals surface area contributed by atoms with E-state index in [-0.39, 0.29) is 5.92 Å². The molecule has 0 radical (unpaired) electrons. The van der Waals surface area contributed by atoms with Gasteiger partial charge < -0.3 is 21.5 Å². The van der Waals surface area contributed by atoms with Crippen molar-refractivity contribution in [3.63, 3.8) is 0 Å². The number of carbonyl (C=O) groups is 2. The van der Waals surface area contributed by atoms with E-state index in [0.29, 0.717) is 11.4 Å². The number of urea groups is 1. The number of para-hydroxylation sites is 2. The lowest BCUT2D eigenvalue weighted by Crippen LogP contribution is -2.46. The van der Waals surface area contributed by atoms with E-state index in [0.717, 1.165) is 0 Å². The van der Waals surface area contributed by atoms with E-state index >= 15 is 0 Å². The smallest absolute Gasteiger partial charge is 0.326 e. The Morgan fingerprint density at radius 3 is 2.39 bits per heavy atom. The summed E-state index contributed by atoms with van der Waals surface area (Å²) in [5, 5.41) is 13.8. The number of carbonyl (C=O) groups excluding carboxylic acids is 1. The highest BCUT2D eigenvalue weighted by Gasteiger charge is 2.23. The number of nitrogens with one attached hydrogen (secondary N) is 2. The van der Waals surface area contributed by atoms with Crippen LogP contribution in [-0.2, 0) is 4.79 Å². The predicted molar refractivity (Wildman–Crippen MR) is 69.3 cm³/mol. The fraction of sp³-hybridized carbons (Fsp3) is 0.333. The van der Waals surface area contributed by atoms with Crippen LogP contribution < -0.4 is 16.4 Å². The van der Waals surface area contributed by atoms with E-state index in [1.807, 2.05) is 0 Å². The summed E-state index contributed by atoms with van der Waals surface area (Å²) >= 11 is 0. The fourth-order valence-electron chi connectivity index (χ4n) is 1.42. The maximum atomic E-state index is 11.6. The highest BCUT2D eigenvalue weighted by molar-refractivity contribution is 5.94. The molecule has 6 nitrogen and oxygen atoms in total. The topological polar surface area (TPSA) is 104 Å². The van der Waals surface area contributed by atoms with Gasteiger partial charge >= 0.3 is 12.0 Å². The largest absolute Gasteiger partial charge is 0.480 e. The summed E-state index contributed by atoms with van der Waals surface area (Å²) in [7, 11) is 0. The average molecular weight is 251 g/mol. The van der Waals surface area contributed by atoms with E-state index < -0.39 is 18.0 Å². The molecule has 1 aromatic carbocycles. The Hall–Kier alpha value is -2.24. The molecule has 0 saturated carbocycles. The van der Waals surface area contributed by atoms with Crippen LogP contribution in [0.1, 0.15) is 13.8 Å². The summed E-state index contributed by atoms with van der Waals surface area (Å²) in [6, 6.07) is 5.23. The van der Waals surface area contributed by atoms with Gasteiger partial charge in [0.05, 0.1) is 11.4 Å². The third-order valence-electron chi connectivity index (χ3n) is 2.43. The third kappa shape index (κ3) is 3.65. The highest BCUT2D eigenvalue weighted by atomic mass is 16.4. The molecule has 0 saturated heterocycles. The van der Waals surface area contributed by atoms with Gasteiger partial charge in [-0.25, -0.2) is 9.59 Å². The number of hydrogen-bond acceptors (Lipinski definition) is 3. The second kappa shape index (κ2) is 5.90. The molecule has 1 unspecified atom stereocenters. The first-order valence-corrected chi connectivity index (χ1v) is 5.56. The number of carboxylic acid groups (broad SMARTS) is 1. The molecule has 0 bridgehead atoms. The maximum Gasteiger partial charge on any atom is 0.326 e. The van der Waals surface area contributed by atoms with Gasteiger partial charge in [0.15, 0.2) is 0 Å². The van der Waals surface area contributed by atoms with Crippen molar-refractivity contribution in [1.29, 1.82) is 0 Å². The lowest BCUT2D eigenvalue weighted by Gasteiger charge is -2.18. The minimum absolute atomic E-state index is 0.207. The second-order valence-electron chi connectivity index (χ2n) is 4.25. The van der Waals surface area contributed by atoms with E-state index in [2.05, 4.69) is 10.6 Å². The van der Waals surface area contributed by atoms with Crippen LogP contribution in [0.5, 0.6) is 0 Å². The lowest BCUT2D eigenvalue weighted by atomic mass is 10.1. The summed E-state index contributed by atoms with van der Waals surface area (Å²) in [5.74, 6) is -1.28. The number of aliphatic carboxylic acids is 1. The second-order valence-corrected chi connectivity index (χ2v) is 4.25. The Morgan fingerprint density at radius 1 is 1.28 bits per heavy atom. The maximum absolute atomic E-state index is 11.6. The SMILES string of the molecule is CC(C)C(NC(=O)Nc1ccccc1N)C(=O)O. The zero-order valence-corrected chi connectivity index (χ0v) is 10.3. The molecule has 1 atom stereocenters. The molecule has 98 valence electrons. The van der Waals surface area contributed by atoms with Crippen LogP contribution in [0.25, 0.3) is 0 Å². The number of benzene rings is 1. The van der Waals surface area contributed by atoms with E-state index in [9.17, 15) is 9.59 Å². The molecular weight excluding hydrogens is 234 g/mol. The summed E-state index contributed by atoms with van der Waals surface area (Å²) in [6.45, 7) is 3.44. The van der Waals surface area contributed by atoms with Crippen LogP contribution in [-0.4, -0.2) is 23.1 Å². The number of amides is 2. The van der Waals surface area contributed by atoms with Crippen LogP contribution in [0.2, 0.25) is 0 Å². The van der Waals surface area contributed by atoms with Gasteiger partial charge in [0, 0.05) is 0 Å². The van der Waals surface area contributed by atoms with Gasteiger partial charge in [-0.2, -0.15) is 0 Å². The third-order valence-corrected chi connectivity index (χ3v) is 2.43. The van der Waals surface area contributed by atoms with Crippen LogP contribution in [0, 0.1) is 5.92 Å². The molecule has 2 amide bonds. The Balaban J connectivity index is 2.67. The van der Waals surface area contributed by atoms with Crippen molar-refractivity contribution in [2.75, 3.05) is 11.1 Å². The monoisotopic (exact) mass is 251 g/mol. The molecule has 0 spiro atoms. The van der Waals surface area contributed by atoms with Gasteiger partial charge in [0.25, 0.3) is 0 Å². The number of anilines is 2. The molecule has 0 heterocycles. The van der Waals surface area contributed by atoms with Gasteiger partial charge in [-0.05, 0) is 18.1 Å². The minimum Gasteiger partial charge on any atom is -0.480 e. The molecule has 5 N–H and O–H groups in total. The zero-order chi connectivity index (χ0) is 13.7. The number of carboxylic acids is 1. The Morgan fingerprint density at radius 2 is 1.89 bits per heavy atom. The number of nitrogen functional groups attached to an aromatic ring is 1. The van der Waals surface area contributed by atoms with Gasteiger partial charge in [0.2, 0.25) is 0 Å². The number of hydrogen-bond donors (Lipinski definition) is 4. The van der Waals surface area contributed by atoms with Crippen molar-refractivity contribution < 1.29 is 14.7 Å². The first kappa shape index (κ1) is 13.8. The van der Waals surface area contributed by atoms with Crippen molar-refractivity contribution in [1.82, 2.24) is 5.32 Å². The van der Waals surface area contributed by atoms with Crippen molar-refractivity contribution >= 4 is 23.4 Å². The summed E-state index contributed by atoms with van der Waals surface area (Å²) < 4.78 is 0. The van der Waals surface area contributed by atoms with Gasteiger partial charge in [-0.15, -0.1) is 0 Å². The minimum atomic E-state index is -1.07. The average Bonchev–Trinajstić information content (AvgIpc) is 2.28. The van der Waals surface area contributed by atoms with Crippen molar-refractivity contribution in [2.24, 2.45) is 5.92 Å². The molecule has 1 rings (SSSR count). The molecule has 1 aromatic rings. The summed E-state index contributed by atoms with van der Waals surface area (Å²) in [4.78, 5) is 22.6. The first-order valence-electron chi connectivity index (χ1n) is 5.56. The zero-order valence-electron chi connectivity index (χ0n) is 10.3. The molecule has 18 heavy (non-hydrogen) atoms. The van der Waals surface area contributed by atoms with Crippen LogP contribution in [0.15, 0.2) is 24.3 Å². The predicted octanol–water partition coefficient (Wildman–Crippen LogP) is 1.50. The van der Waals surface area contributed by atoms with Gasteiger partial charge in [-0.3, -0.25) is 0 Å². The Kier molecular flexibility index (Phi) is 4.53. The number of rotatable bonds is 4. The first-order chi connectivity index (χ1) is 8.41. The van der Waals surface area contributed by atoms with Crippen molar-refractivity contribution in [3.05, 3.63) is 24.3 Å². The molecule has 6 heteroatoms. The van der Waals surface area contributed by atoms with Gasteiger partial charge in [-0.1, -0.05) is 26.0 Å². The summed E-state index contributed by atoms with van der Waals surface area (Å²) in [6.07, 6.45) is 0. The van der Waals surface area contributed by atoms with Crippen molar-refractivity contribution in [3.8, 4) is 0 Å². The van der Waals surface area contributed by atoms with Crippen molar-refractivity contribution in [2.45, 2.75) is 19.9 Å². The fourth-order valence-corrected chi connectivity index (χ4v) is 1.42. The molecule has 0 aliphatic heterocycles. The van der Waals surface area contributed by atoms with E-state index in [1.165, 1.54) is 0 Å². The Bertz CT molecular complexity index is 446. The summed E-state index contributed by atoms with van der Waals surface area (Å²) in [5.41, 5.74) is 6.53. The number of nitrogens with two attached hydrogens (primary N) is 1. The quantitative estimate of drug-likeness (QED) is 0.608. The molecular formula is C12H17N3O3. The molecule has 0 fully saturated rings. The highest BCUT2D eigenvalue weighted by Crippen LogP contribution is 2.16. The Labute approximate surface area is 105 Å². The standard InChI is InChI=1S/C12H17N3O3/c1-7(2)10(11(16)17)15-12(18)14-9-6-4-3-5-8(9)13/h3-7,10H,13H2,1-2H3,(H,16,17)(H2,14,15,18). The van der Waals surface area contributed by atoms with Crippen LogP contribution in [0.4, 0.5) is 16.2 Å².